The van der Waals surface area contributed by atoms with Crippen molar-refractivity contribution < 1.29 is 43.9 Å². The summed E-state index contributed by atoms with van der Waals surface area (Å²) in [5.74, 6) is -3.23. The third kappa shape index (κ3) is 10.1. The van der Waals surface area contributed by atoms with Gasteiger partial charge in [-0.1, -0.05) is 0 Å². The Labute approximate surface area is 127 Å². The zero-order chi connectivity index (χ0) is 17.0. The summed E-state index contributed by atoms with van der Waals surface area (Å²) < 4.78 is 15.2. The Hall–Kier alpha value is -1.71. The van der Waals surface area contributed by atoms with Gasteiger partial charge in [-0.05, 0) is 12.8 Å². The molecule has 0 aromatic heterocycles. The van der Waals surface area contributed by atoms with Crippen molar-refractivity contribution in [2.75, 3.05) is 40.1 Å². The average molecular weight is 322 g/mol. The van der Waals surface area contributed by atoms with E-state index in [1.807, 2.05) is 0 Å². The maximum absolute atomic E-state index is 10.6. The first-order valence-electron chi connectivity index (χ1n) is 6.61. The van der Waals surface area contributed by atoms with E-state index < -0.39 is 36.5 Å². The Balaban J connectivity index is 4.69. The van der Waals surface area contributed by atoms with Crippen LogP contribution in [0.4, 0.5) is 0 Å². The van der Waals surface area contributed by atoms with E-state index in [-0.39, 0.29) is 26.2 Å². The molecule has 0 spiro atoms. The molecule has 0 amide bonds. The van der Waals surface area contributed by atoms with Crippen LogP contribution in [0.2, 0.25) is 0 Å². The van der Waals surface area contributed by atoms with Crippen LogP contribution in [0.25, 0.3) is 0 Å². The molecule has 9 heteroatoms. The van der Waals surface area contributed by atoms with Crippen molar-refractivity contribution >= 4 is 17.9 Å². The van der Waals surface area contributed by atoms with Gasteiger partial charge in [-0.3, -0.25) is 4.79 Å². The predicted octanol–water partition coefficient (Wildman–Crippen LogP) is 0.0765. The van der Waals surface area contributed by atoms with Crippen LogP contribution in [0.15, 0.2) is 0 Å². The Morgan fingerprint density at radius 1 is 0.864 bits per heavy atom. The number of aliphatic carboxylic acids is 3. The number of hydrogen-bond acceptors (Lipinski definition) is 6. The first-order valence-corrected chi connectivity index (χ1v) is 6.61. The van der Waals surface area contributed by atoms with Crippen molar-refractivity contribution in [1.29, 1.82) is 0 Å². The molecule has 0 aromatic carbocycles. The van der Waals surface area contributed by atoms with Crippen molar-refractivity contribution in [2.45, 2.75) is 19.3 Å². The zero-order valence-electron chi connectivity index (χ0n) is 12.4. The topological polar surface area (TPSA) is 140 Å². The van der Waals surface area contributed by atoms with E-state index in [1.165, 1.54) is 7.11 Å². The molecule has 0 saturated carbocycles. The van der Waals surface area contributed by atoms with Crippen molar-refractivity contribution in [3.63, 3.8) is 0 Å². The molecular weight excluding hydrogens is 300 g/mol. The van der Waals surface area contributed by atoms with Crippen LogP contribution < -0.4 is 0 Å². The fourth-order valence-corrected chi connectivity index (χ4v) is 1.97. The van der Waals surface area contributed by atoms with Gasteiger partial charge in [-0.2, -0.15) is 0 Å². The van der Waals surface area contributed by atoms with Crippen LogP contribution in [-0.4, -0.2) is 73.4 Å². The normalized spacial score (nSPS) is 11.3. The minimum absolute atomic E-state index is 0.0353. The molecule has 0 aromatic rings. The lowest BCUT2D eigenvalue weighted by atomic mass is 9.85. The highest BCUT2D eigenvalue weighted by atomic mass is 16.5. The van der Waals surface area contributed by atoms with E-state index >= 15 is 0 Å². The Bertz CT molecular complexity index is 316. The van der Waals surface area contributed by atoms with Crippen LogP contribution in [0.3, 0.4) is 0 Å². The summed E-state index contributed by atoms with van der Waals surface area (Å²) in [6.45, 7) is -0.961. The lowest BCUT2D eigenvalue weighted by molar-refractivity contribution is -0.148. The Morgan fingerprint density at radius 3 is 1.73 bits per heavy atom. The zero-order valence-corrected chi connectivity index (χ0v) is 12.4. The van der Waals surface area contributed by atoms with Gasteiger partial charge >= 0.3 is 17.9 Å². The number of rotatable bonds is 14. The van der Waals surface area contributed by atoms with Gasteiger partial charge in [0.1, 0.15) is 13.2 Å². The molecule has 0 unspecified atom stereocenters. The van der Waals surface area contributed by atoms with E-state index in [9.17, 15) is 14.4 Å². The lowest BCUT2D eigenvalue weighted by Crippen LogP contribution is -2.38. The molecule has 3 N–H and O–H groups in total. The second-order valence-corrected chi connectivity index (χ2v) is 4.95. The number of methoxy groups -OCH3 is 1. The van der Waals surface area contributed by atoms with Crippen molar-refractivity contribution in [2.24, 2.45) is 5.41 Å². The largest absolute Gasteiger partial charge is 0.481 e. The first kappa shape index (κ1) is 20.3. The van der Waals surface area contributed by atoms with Crippen LogP contribution >= 0.6 is 0 Å². The number of hydrogen-bond donors (Lipinski definition) is 3. The predicted molar refractivity (Wildman–Crippen MR) is 72.7 cm³/mol. The van der Waals surface area contributed by atoms with E-state index in [0.717, 1.165) is 0 Å². The summed E-state index contributed by atoms with van der Waals surface area (Å²) in [6, 6.07) is 0. The van der Waals surface area contributed by atoms with E-state index in [1.54, 1.807) is 0 Å². The minimum atomic E-state index is -1.14. The standard InChI is InChI=1S/C13H22O9/c1-20-7-13(4-2-3-10(14)15,8-21-5-11(16)17)9-22-6-12(18)19/h2-9H2,1H3,(H,14,15)(H,16,17)(H,18,19). The van der Waals surface area contributed by atoms with Crippen LogP contribution in [-0.2, 0) is 28.6 Å². The maximum Gasteiger partial charge on any atom is 0.329 e. The number of ether oxygens (including phenoxy) is 3. The molecule has 22 heavy (non-hydrogen) atoms. The van der Waals surface area contributed by atoms with Crippen LogP contribution in [0.5, 0.6) is 0 Å². The second kappa shape index (κ2) is 10.9. The van der Waals surface area contributed by atoms with Gasteiger partial charge < -0.3 is 29.5 Å². The molecule has 0 saturated heterocycles. The van der Waals surface area contributed by atoms with Gasteiger partial charge in [-0.25, -0.2) is 9.59 Å². The van der Waals surface area contributed by atoms with Gasteiger partial charge in [0.2, 0.25) is 0 Å². The fraction of sp³-hybridized carbons (Fsp3) is 0.769. The summed E-state index contributed by atoms with van der Waals surface area (Å²) in [4.78, 5) is 31.6. The fourth-order valence-electron chi connectivity index (χ4n) is 1.97. The molecule has 0 atom stereocenters. The van der Waals surface area contributed by atoms with E-state index in [2.05, 4.69) is 0 Å². The van der Waals surface area contributed by atoms with Gasteiger partial charge in [-0.15, -0.1) is 0 Å². The van der Waals surface area contributed by atoms with Crippen molar-refractivity contribution in [3.8, 4) is 0 Å². The quantitative estimate of drug-likeness (QED) is 0.405. The third-order valence-electron chi connectivity index (χ3n) is 2.82. The summed E-state index contributed by atoms with van der Waals surface area (Å²) >= 11 is 0. The molecule has 9 nitrogen and oxygen atoms in total. The highest BCUT2D eigenvalue weighted by Crippen LogP contribution is 2.27. The van der Waals surface area contributed by atoms with Crippen molar-refractivity contribution in [3.05, 3.63) is 0 Å². The Kier molecular flexibility index (Phi) is 10.1. The molecule has 0 aliphatic carbocycles. The number of carboxylic acids is 3. The molecule has 0 bridgehead atoms. The molecule has 0 aliphatic heterocycles. The van der Waals surface area contributed by atoms with Crippen LogP contribution in [0, 0.1) is 5.41 Å². The van der Waals surface area contributed by atoms with E-state index in [0.29, 0.717) is 12.8 Å². The maximum atomic E-state index is 10.6. The summed E-state index contributed by atoms with van der Waals surface area (Å²) in [5.41, 5.74) is -0.797. The third-order valence-corrected chi connectivity index (χ3v) is 2.82. The smallest absolute Gasteiger partial charge is 0.329 e. The highest BCUT2D eigenvalue weighted by molar-refractivity contribution is 5.68. The first-order chi connectivity index (χ1) is 10.3. The second-order valence-electron chi connectivity index (χ2n) is 4.95. The van der Waals surface area contributed by atoms with Gasteiger partial charge in [0.05, 0.1) is 19.8 Å². The van der Waals surface area contributed by atoms with Crippen molar-refractivity contribution in [1.82, 2.24) is 0 Å². The highest BCUT2D eigenvalue weighted by Gasteiger charge is 2.32. The number of carboxylic acid groups (broad SMARTS) is 3. The number of carbonyl (C=O) groups is 3. The lowest BCUT2D eigenvalue weighted by Gasteiger charge is -2.32. The summed E-state index contributed by atoms with van der Waals surface area (Å²) in [7, 11) is 1.43. The molecule has 0 radical (unpaired) electrons. The molecule has 0 heterocycles. The molecule has 0 fully saturated rings. The van der Waals surface area contributed by atoms with Crippen LogP contribution in [0.1, 0.15) is 19.3 Å². The Morgan fingerprint density at radius 2 is 1.36 bits per heavy atom. The summed E-state index contributed by atoms with van der Waals surface area (Å²) in [5, 5.41) is 25.9. The molecule has 0 aliphatic rings. The van der Waals surface area contributed by atoms with E-state index in [4.69, 9.17) is 29.5 Å². The SMILES string of the molecule is COCC(CCCC(=O)O)(COCC(=O)O)COCC(=O)O. The minimum Gasteiger partial charge on any atom is -0.481 e. The van der Waals surface area contributed by atoms with Gasteiger partial charge in [0.15, 0.2) is 0 Å². The average Bonchev–Trinajstić information content (AvgIpc) is 2.37. The van der Waals surface area contributed by atoms with Gasteiger partial charge in [0, 0.05) is 18.9 Å². The molecule has 128 valence electrons. The summed E-state index contributed by atoms with van der Waals surface area (Å²) in [6.07, 6.45) is 0.585. The van der Waals surface area contributed by atoms with Gasteiger partial charge in [0.25, 0.3) is 0 Å². The monoisotopic (exact) mass is 322 g/mol. The molecular formula is C13H22O9. The molecule has 0 rings (SSSR count).